The molecule has 0 aliphatic carbocycles. The summed E-state index contributed by atoms with van der Waals surface area (Å²) in [6, 6.07) is 8.86. The molecular weight excluding hydrogens is 1840 g/mol. The average Bonchev–Trinajstić information content (AvgIpc) is 0.871. The van der Waals surface area contributed by atoms with Gasteiger partial charge in [0.25, 0.3) is 0 Å². The van der Waals surface area contributed by atoms with Gasteiger partial charge in [-0.25, -0.2) is 14.6 Å². The van der Waals surface area contributed by atoms with Crippen LogP contribution in [0.5, 0.6) is 0 Å². The van der Waals surface area contributed by atoms with Crippen LogP contribution in [0.25, 0.3) is 0 Å². The first-order valence-corrected chi connectivity index (χ1v) is 65.6. The standard InChI is InChI=1S/C17H37NO2Si2.C16H35NO2Si2.C13H23NO4.C12H13NO2.C11H21NO3Si.C11H20O4.C10H19NO3Si.C10H18O4/c1-13-14(12-20-22(10,11)17(5,6)7)18(15(13)19)21(8,9)16(2,3)4;1-15(2,3)20(7,8)17-13(11-14(17)18)12-19-21(9,10)16(4,5)6;1-9(15)7-10-8-17-13(5,6)14(10)11(16)18-12(2,3)4;1-9(14)7-11-8-15-12(13-11)10-5-3-2-4-6-10;1-7-8(10(14)15)12(9(7)13)16(5,6)11(2,3)4;1-7(9(12)14-6)8(2)10(13)15-11(3,4)5;1-10(2,3)15(4,5)11-7(9(13)14)6-8(11)12;1-7(6-8(11)13-5)9(12)14-10(2,3)4/h13-14H,12H2,1-11H3;13H,11-12H2,1-10H3;10H,7-8H2,1-6H3;2-6,11H,7-8H2,1H3;7-8H,1-6H3,(H,14,15);7-8H,1-6H3;7H,6H2,1-5H3,(H,13,14);7H,6H2,1-5H3/t13-,14-;13-;;;7-,8+;7?,8-;2*7-/m10..1000/s1. The number of β-lactam (4-membered cyclic amide) rings is 4. The quantitative estimate of drug-likeness (QED) is 0.0445. The van der Waals surface area contributed by atoms with Crippen LogP contribution in [0.4, 0.5) is 4.79 Å². The molecule has 6 aliphatic rings. The van der Waals surface area contributed by atoms with E-state index in [4.69, 9.17) is 42.7 Å². The number of ketones is 2. The Morgan fingerprint density at radius 3 is 1.24 bits per heavy atom. The van der Waals surface area contributed by atoms with E-state index in [1.165, 1.54) is 26.0 Å². The fraction of sp³-hybridized carbons (Fsp3) is 0.800. The maximum absolute atomic E-state index is 12.5. The Hall–Kier alpha value is -6.82. The number of Topliss-reactive ketones (excluding diaryl/α,β-unsaturated/α-hetero) is 2. The average molecular weight is 2030 g/mol. The molecule has 5 amide bonds. The lowest BCUT2D eigenvalue weighted by molar-refractivity contribution is -0.166. The van der Waals surface area contributed by atoms with Gasteiger partial charge in [0.2, 0.25) is 29.5 Å². The summed E-state index contributed by atoms with van der Waals surface area (Å²) in [5.74, 6) is -3.49. The van der Waals surface area contributed by atoms with Crippen LogP contribution in [-0.2, 0) is 99.5 Å². The van der Waals surface area contributed by atoms with Crippen molar-refractivity contribution in [3.05, 3.63) is 35.9 Å². The van der Waals surface area contributed by atoms with Gasteiger partial charge in [-0.15, -0.1) is 0 Å². The van der Waals surface area contributed by atoms with Gasteiger partial charge < -0.3 is 70.5 Å². The Kier molecular flexibility index (Phi) is 46.3. The van der Waals surface area contributed by atoms with Gasteiger partial charge in [0.1, 0.15) is 52.8 Å². The van der Waals surface area contributed by atoms with Gasteiger partial charge in [-0.05, 0) is 159 Å². The van der Waals surface area contributed by atoms with E-state index in [-0.39, 0.29) is 108 Å². The molecule has 0 spiro atoms. The number of carbonyl (C=O) groups excluding carboxylic acids is 11. The van der Waals surface area contributed by atoms with Gasteiger partial charge >= 0.3 is 41.9 Å². The van der Waals surface area contributed by atoms with Gasteiger partial charge in [-0.1, -0.05) is 230 Å². The number of carbonyl (C=O) groups is 13. The molecule has 6 aliphatic heterocycles. The SMILES string of the molecule is CC(=O)CC1COC(C)(C)N1C(=O)OC(C)(C)C.CC(=O)CC1COC(c2ccccc2)=N1.CC(C)(C)[Si](C)(C)N1C(=O)C[C@H]1C(=O)O.CC(C)(C)[Si](C)(C)OC[C@@H]1CC(=O)N1[Si](C)(C)C(C)(C)C.COC(=O)C(C)[C@H](C)C(=O)OC(C)(C)C.COC(=O)C[C@H](C)C(=O)OC(C)(C)C.C[C@H]1C(=O)N([Si](C)(C)C(C)(C)C)[C@@H]1C(=O)O.C[C@H]1C(=O)N([Si](C)(C)C(C)(C)C)[C@@H]1CO[Si](C)(C)C(C)(C)C. The molecule has 0 aromatic heterocycles. The van der Waals surface area contributed by atoms with Gasteiger partial charge in [0.05, 0.1) is 101 Å². The molecule has 136 heavy (non-hydrogen) atoms. The highest BCUT2D eigenvalue weighted by molar-refractivity contribution is 6.82. The lowest BCUT2D eigenvalue weighted by atomic mass is 9.93. The summed E-state index contributed by atoms with van der Waals surface area (Å²) >= 11 is 0. The molecule has 3 unspecified atom stereocenters. The third-order valence-electron chi connectivity index (χ3n) is 28.6. The number of nitrogens with zero attached hydrogens (tertiary/aromatic N) is 6. The number of ether oxygens (including phenoxy) is 7. The first-order valence-electron chi connectivity index (χ1n) is 48.0. The lowest BCUT2D eigenvalue weighted by Gasteiger charge is -2.58. The normalized spacial score (nSPS) is 21.2. The van der Waals surface area contributed by atoms with Crippen LogP contribution in [0, 0.1) is 29.6 Å². The van der Waals surface area contributed by atoms with Crippen LogP contribution >= 0.6 is 0 Å². The Morgan fingerprint density at radius 2 is 0.860 bits per heavy atom. The second kappa shape index (κ2) is 48.8. The molecule has 0 bridgehead atoms. The predicted molar refractivity (Wildman–Crippen MR) is 553 cm³/mol. The Labute approximate surface area is 825 Å². The van der Waals surface area contributed by atoms with E-state index in [1.807, 2.05) is 51.1 Å². The van der Waals surface area contributed by atoms with Crippen molar-refractivity contribution in [2.24, 2.45) is 34.6 Å². The predicted octanol–water partition coefficient (Wildman–Crippen LogP) is 20.5. The molecule has 5 fully saturated rings. The summed E-state index contributed by atoms with van der Waals surface area (Å²) in [4.78, 5) is 155. The molecule has 5 saturated heterocycles. The summed E-state index contributed by atoms with van der Waals surface area (Å²) in [6.07, 6.45) is 1.23. The van der Waals surface area contributed by atoms with Crippen molar-refractivity contribution in [2.75, 3.05) is 40.6 Å². The van der Waals surface area contributed by atoms with Crippen LogP contribution in [0.1, 0.15) is 287 Å². The van der Waals surface area contributed by atoms with Crippen molar-refractivity contribution in [3.8, 4) is 0 Å². The lowest BCUT2D eigenvalue weighted by Crippen LogP contribution is -2.74. The number of hydrogen-bond donors (Lipinski definition) is 2. The molecule has 784 valence electrons. The van der Waals surface area contributed by atoms with E-state index in [9.17, 15) is 62.3 Å². The Morgan fingerprint density at radius 1 is 0.471 bits per heavy atom. The Balaban J connectivity index is 0.00000154. The first kappa shape index (κ1) is 129. The fourth-order valence-electron chi connectivity index (χ4n) is 13.8. The van der Waals surface area contributed by atoms with Crippen LogP contribution < -0.4 is 0 Å². The molecule has 0 radical (unpaired) electrons. The number of rotatable bonds is 23. The summed E-state index contributed by atoms with van der Waals surface area (Å²) in [6.45, 7) is 100. The van der Waals surface area contributed by atoms with E-state index < -0.39 is 132 Å². The molecule has 1 aromatic carbocycles. The third-order valence-corrected chi connectivity index (χ3v) is 59.3. The molecule has 11 atom stereocenters. The van der Waals surface area contributed by atoms with Crippen molar-refractivity contribution in [1.82, 2.24) is 23.2 Å². The van der Waals surface area contributed by atoms with Gasteiger partial charge in [0.15, 0.2) is 49.6 Å². The van der Waals surface area contributed by atoms with Crippen LogP contribution in [0.2, 0.25) is 109 Å². The van der Waals surface area contributed by atoms with Crippen molar-refractivity contribution in [3.63, 3.8) is 0 Å². The van der Waals surface area contributed by atoms with E-state index in [0.717, 1.165) is 12.2 Å². The number of methoxy groups -OCH3 is 2. The van der Waals surface area contributed by atoms with Crippen LogP contribution in [0.3, 0.4) is 0 Å². The molecule has 30 nitrogen and oxygen atoms in total. The number of aliphatic imine (C=N–C) groups is 1. The zero-order valence-electron chi connectivity index (χ0n) is 93.7. The highest BCUT2D eigenvalue weighted by Gasteiger charge is 2.61. The number of esters is 4. The highest BCUT2D eigenvalue weighted by Crippen LogP contribution is 2.49. The number of amides is 5. The largest absolute Gasteiger partial charge is 0.480 e. The van der Waals surface area contributed by atoms with Crippen LogP contribution in [0.15, 0.2) is 35.3 Å². The zero-order chi connectivity index (χ0) is 108. The smallest absolute Gasteiger partial charge is 0.412 e. The monoisotopic (exact) mass is 2020 g/mol. The number of hydrogen-bond acceptors (Lipinski definition) is 23. The minimum absolute atomic E-state index is 0.000934. The molecule has 7 rings (SSSR count). The number of carboxylic acids is 2. The van der Waals surface area contributed by atoms with Crippen molar-refractivity contribution in [2.45, 2.75) is 449 Å². The van der Waals surface area contributed by atoms with E-state index >= 15 is 0 Å². The summed E-state index contributed by atoms with van der Waals surface area (Å²) in [7, 11) is -8.53. The highest BCUT2D eigenvalue weighted by atomic mass is 28.4. The maximum Gasteiger partial charge on any atom is 0.412 e. The van der Waals surface area contributed by atoms with Crippen molar-refractivity contribution < 1.29 is 115 Å². The molecule has 2 N–H and O–H groups in total. The minimum atomic E-state index is -2.05. The Bertz CT molecular complexity index is 4260. The van der Waals surface area contributed by atoms with E-state index in [2.05, 4.69) is 234 Å². The summed E-state index contributed by atoms with van der Waals surface area (Å²) in [5, 5.41) is 18.9. The fourth-order valence-corrected chi connectivity index (χ4v) is 25.9. The van der Waals surface area contributed by atoms with E-state index in [0.29, 0.717) is 62.8 Å². The number of aliphatic carboxylic acids is 2. The molecule has 6 heterocycles. The summed E-state index contributed by atoms with van der Waals surface area (Å²) in [5.41, 5.74) is -1.36. The topological polar surface area (TPSA) is 374 Å². The van der Waals surface area contributed by atoms with Gasteiger partial charge in [-0.2, -0.15) is 0 Å². The molecular formula is C100H186N6O24Si6. The van der Waals surface area contributed by atoms with Gasteiger partial charge in [0, 0.05) is 24.8 Å². The molecule has 0 saturated carbocycles. The van der Waals surface area contributed by atoms with E-state index in [1.54, 1.807) is 99.1 Å². The second-order valence-corrected chi connectivity index (χ2v) is 79.9. The minimum Gasteiger partial charge on any atom is -0.480 e. The third kappa shape index (κ3) is 36.6. The van der Waals surface area contributed by atoms with Crippen molar-refractivity contribution in [1.29, 1.82) is 0 Å². The number of carboxylic acid groups (broad SMARTS) is 2. The van der Waals surface area contributed by atoms with Gasteiger partial charge in [-0.3, -0.25) is 57.6 Å². The number of benzene rings is 1. The zero-order valence-corrected chi connectivity index (χ0v) is 99.7. The summed E-state index contributed by atoms with van der Waals surface area (Å²) < 4.78 is 56.1. The molecule has 1 aromatic rings. The van der Waals surface area contributed by atoms with Crippen molar-refractivity contribution >= 4 is 133 Å². The van der Waals surface area contributed by atoms with Crippen LogP contribution in [-0.4, -0.2) is 265 Å². The molecule has 36 heteroatoms. The first-order chi connectivity index (χ1) is 60.5. The maximum atomic E-state index is 12.5. The second-order valence-electron chi connectivity index (χ2n) is 49.9.